The van der Waals surface area contributed by atoms with Gasteiger partial charge in [-0.15, -0.1) is 0 Å². The van der Waals surface area contributed by atoms with E-state index in [0.29, 0.717) is 12.5 Å². The number of aryl methyl sites for hydroxylation is 1. The lowest BCUT2D eigenvalue weighted by atomic mass is 10.0. The van der Waals surface area contributed by atoms with Gasteiger partial charge in [0.15, 0.2) is 0 Å². The van der Waals surface area contributed by atoms with Crippen molar-refractivity contribution in [3.8, 4) is 0 Å². The van der Waals surface area contributed by atoms with Crippen LogP contribution in [0.3, 0.4) is 0 Å². The monoisotopic (exact) mass is 399 g/mol. The fourth-order valence-corrected chi connectivity index (χ4v) is 3.69. The van der Waals surface area contributed by atoms with Crippen LogP contribution in [-0.2, 0) is 0 Å². The molecule has 3 N–H and O–H groups in total. The molecule has 2 rings (SSSR count). The van der Waals surface area contributed by atoms with E-state index in [2.05, 4.69) is 79.9 Å². The maximum absolute atomic E-state index is 12.6. The largest absolute Gasteiger partial charge is 0.336 e. The molecule has 0 spiro atoms. The Labute approximate surface area is 175 Å². The van der Waals surface area contributed by atoms with Gasteiger partial charge in [-0.05, 0) is 52.5 Å². The molecule has 160 valence electrons. The van der Waals surface area contributed by atoms with Crippen LogP contribution in [0.15, 0.2) is 30.3 Å². The summed E-state index contributed by atoms with van der Waals surface area (Å²) in [5.41, 5.74) is 3.85. The molecule has 2 amide bonds. The molecule has 2 atom stereocenters. The van der Waals surface area contributed by atoms with Crippen molar-refractivity contribution in [3.63, 3.8) is 0 Å². The Balaban J connectivity index is 1.97. The fraction of sp³-hybridized carbons (Fsp3) is 0.565. The molecule has 2 aromatic rings. The minimum atomic E-state index is -0.192. The second-order valence-corrected chi connectivity index (χ2v) is 8.54. The van der Waals surface area contributed by atoms with Crippen LogP contribution in [0.5, 0.6) is 0 Å². The van der Waals surface area contributed by atoms with Crippen LogP contribution < -0.4 is 16.0 Å². The summed E-state index contributed by atoms with van der Waals surface area (Å²) in [7, 11) is 0. The highest BCUT2D eigenvalue weighted by molar-refractivity contribution is 5.90. The van der Waals surface area contributed by atoms with Crippen molar-refractivity contribution in [3.05, 3.63) is 47.3 Å². The summed E-state index contributed by atoms with van der Waals surface area (Å²) in [6.07, 6.45) is 0.987. The van der Waals surface area contributed by atoms with Crippen molar-refractivity contribution in [2.45, 2.75) is 73.0 Å². The molecule has 0 radical (unpaired) electrons. The summed E-state index contributed by atoms with van der Waals surface area (Å²) >= 11 is 0. The third-order valence-electron chi connectivity index (χ3n) is 5.10. The first-order valence-electron chi connectivity index (χ1n) is 10.6. The van der Waals surface area contributed by atoms with Crippen LogP contribution in [-0.4, -0.2) is 28.4 Å². The Kier molecular flexibility index (Phi) is 8.26. The molecule has 29 heavy (non-hydrogen) atoms. The Hall–Kier alpha value is -2.34. The summed E-state index contributed by atoms with van der Waals surface area (Å²) in [5, 5.41) is 14.2. The first-order chi connectivity index (χ1) is 13.7. The average Bonchev–Trinajstić information content (AvgIpc) is 2.94. The van der Waals surface area contributed by atoms with Gasteiger partial charge in [0.1, 0.15) is 0 Å². The molecule has 6 heteroatoms. The lowest BCUT2D eigenvalue weighted by Gasteiger charge is -2.25. The number of rotatable bonds is 9. The molecule has 0 bridgehead atoms. The number of carbonyl (C=O) groups excluding carboxylic acids is 1. The Bertz CT molecular complexity index is 782. The van der Waals surface area contributed by atoms with Crippen LogP contribution in [0.25, 0.3) is 0 Å². The highest BCUT2D eigenvalue weighted by atomic mass is 16.2. The number of nitrogens with one attached hydrogen (secondary N) is 3. The zero-order valence-corrected chi connectivity index (χ0v) is 18.9. The van der Waals surface area contributed by atoms with Gasteiger partial charge in [-0.1, -0.05) is 44.2 Å². The number of urea groups is 1. The number of aromatic nitrogens is 2. The van der Waals surface area contributed by atoms with Crippen molar-refractivity contribution in [1.29, 1.82) is 0 Å². The maximum atomic E-state index is 12.6. The highest BCUT2D eigenvalue weighted by Gasteiger charge is 2.18. The van der Waals surface area contributed by atoms with Crippen molar-refractivity contribution in [2.24, 2.45) is 5.92 Å². The predicted octanol–water partition coefficient (Wildman–Crippen LogP) is 4.97. The maximum Gasteiger partial charge on any atom is 0.319 e. The number of nitrogens with zero attached hydrogens (tertiary/aromatic N) is 2. The van der Waals surface area contributed by atoms with Crippen LogP contribution in [0, 0.1) is 19.8 Å². The van der Waals surface area contributed by atoms with E-state index in [1.54, 1.807) is 0 Å². The predicted molar refractivity (Wildman–Crippen MR) is 120 cm³/mol. The Morgan fingerprint density at radius 3 is 2.28 bits per heavy atom. The van der Waals surface area contributed by atoms with Crippen LogP contribution >= 0.6 is 0 Å². The SMILES string of the molecule is Cc1nn(C(C)C)c(C)c1NC(=O)NC[C@H](CC(C)C)N[C@@H](C)c1ccccc1. The quantitative estimate of drug-likeness (QED) is 0.558. The van der Waals surface area contributed by atoms with E-state index < -0.39 is 0 Å². The third kappa shape index (κ3) is 6.60. The fourth-order valence-electron chi connectivity index (χ4n) is 3.69. The van der Waals surface area contributed by atoms with Crippen molar-refractivity contribution in [1.82, 2.24) is 20.4 Å². The van der Waals surface area contributed by atoms with Gasteiger partial charge in [-0.2, -0.15) is 5.10 Å². The molecular formula is C23H37N5O. The van der Waals surface area contributed by atoms with Crippen LogP contribution in [0.4, 0.5) is 10.5 Å². The molecule has 6 nitrogen and oxygen atoms in total. The minimum Gasteiger partial charge on any atom is -0.336 e. The Morgan fingerprint density at radius 1 is 1.07 bits per heavy atom. The molecule has 0 aliphatic carbocycles. The van der Waals surface area contributed by atoms with E-state index in [4.69, 9.17) is 0 Å². The van der Waals surface area contributed by atoms with E-state index >= 15 is 0 Å². The lowest BCUT2D eigenvalue weighted by Crippen LogP contribution is -2.44. The van der Waals surface area contributed by atoms with E-state index in [0.717, 1.165) is 23.5 Å². The molecule has 0 aliphatic heterocycles. The normalized spacial score (nSPS) is 13.6. The first-order valence-corrected chi connectivity index (χ1v) is 10.6. The Morgan fingerprint density at radius 2 is 1.72 bits per heavy atom. The zero-order valence-electron chi connectivity index (χ0n) is 18.9. The van der Waals surface area contributed by atoms with E-state index in [1.807, 2.05) is 24.6 Å². The topological polar surface area (TPSA) is 71.0 Å². The van der Waals surface area contributed by atoms with Gasteiger partial charge in [0.2, 0.25) is 0 Å². The lowest BCUT2D eigenvalue weighted by molar-refractivity contribution is 0.249. The van der Waals surface area contributed by atoms with Gasteiger partial charge >= 0.3 is 6.03 Å². The number of anilines is 1. The smallest absolute Gasteiger partial charge is 0.319 e. The van der Waals surface area contributed by atoms with Crippen molar-refractivity contribution >= 4 is 11.7 Å². The molecule has 0 fully saturated rings. The molecule has 1 aromatic carbocycles. The summed E-state index contributed by atoms with van der Waals surface area (Å²) in [6, 6.07) is 10.9. The molecular weight excluding hydrogens is 362 g/mol. The number of carbonyl (C=O) groups is 1. The minimum absolute atomic E-state index is 0.191. The van der Waals surface area contributed by atoms with Crippen LogP contribution in [0.1, 0.15) is 70.1 Å². The second kappa shape index (κ2) is 10.4. The first kappa shape index (κ1) is 22.9. The van der Waals surface area contributed by atoms with E-state index in [-0.39, 0.29) is 24.2 Å². The van der Waals surface area contributed by atoms with Gasteiger partial charge in [-0.3, -0.25) is 4.68 Å². The van der Waals surface area contributed by atoms with Gasteiger partial charge in [0.05, 0.1) is 17.1 Å². The van der Waals surface area contributed by atoms with Gasteiger partial charge < -0.3 is 16.0 Å². The van der Waals surface area contributed by atoms with E-state index in [1.165, 1.54) is 5.56 Å². The molecule has 0 saturated heterocycles. The zero-order chi connectivity index (χ0) is 21.6. The standard InChI is InChI=1S/C23H37N5O/c1-15(2)13-21(25-17(5)20-11-9-8-10-12-20)14-24-23(29)26-22-18(6)27-28(16(3)4)19(22)7/h8-12,15-17,21,25H,13-14H2,1-7H3,(H2,24,26,29)/t17-,21-/m0/s1. The van der Waals surface area contributed by atoms with Crippen LogP contribution in [0.2, 0.25) is 0 Å². The van der Waals surface area contributed by atoms with E-state index in [9.17, 15) is 4.79 Å². The number of amides is 2. The summed E-state index contributed by atoms with van der Waals surface area (Å²) in [6.45, 7) is 15.2. The molecule has 1 heterocycles. The molecule has 0 aliphatic rings. The third-order valence-corrected chi connectivity index (χ3v) is 5.10. The number of hydrogen-bond donors (Lipinski definition) is 3. The molecule has 0 unspecified atom stereocenters. The molecule has 0 saturated carbocycles. The summed E-state index contributed by atoms with van der Waals surface area (Å²) in [4.78, 5) is 12.6. The van der Waals surface area contributed by atoms with Crippen molar-refractivity contribution in [2.75, 3.05) is 11.9 Å². The molecule has 1 aromatic heterocycles. The van der Waals surface area contributed by atoms with Gasteiger partial charge in [-0.25, -0.2) is 4.79 Å². The summed E-state index contributed by atoms with van der Waals surface area (Å²) in [5.74, 6) is 0.536. The number of hydrogen-bond acceptors (Lipinski definition) is 3. The highest BCUT2D eigenvalue weighted by Crippen LogP contribution is 2.22. The van der Waals surface area contributed by atoms with Crippen molar-refractivity contribution < 1.29 is 4.79 Å². The second-order valence-electron chi connectivity index (χ2n) is 8.54. The number of benzene rings is 1. The van der Waals surface area contributed by atoms with Gasteiger partial charge in [0, 0.05) is 24.7 Å². The average molecular weight is 400 g/mol. The van der Waals surface area contributed by atoms with Gasteiger partial charge in [0.25, 0.3) is 0 Å². The summed E-state index contributed by atoms with van der Waals surface area (Å²) < 4.78 is 1.94.